The molecular weight excluding hydrogens is 274 g/mol. The average Bonchev–Trinajstić information content (AvgIpc) is 2.47. The van der Waals surface area contributed by atoms with Crippen molar-refractivity contribution < 1.29 is 19.5 Å². The first-order valence-corrected chi connectivity index (χ1v) is 5.88. The summed E-state index contributed by atoms with van der Waals surface area (Å²) in [6.07, 6.45) is 1.36. The van der Waals surface area contributed by atoms with Crippen LogP contribution in [0.2, 0.25) is 0 Å². The molecule has 21 heavy (non-hydrogen) atoms. The molecule has 0 saturated heterocycles. The van der Waals surface area contributed by atoms with Crippen LogP contribution in [0, 0.1) is 0 Å². The first-order chi connectivity index (χ1) is 9.99. The van der Waals surface area contributed by atoms with Gasteiger partial charge < -0.3 is 16.2 Å². The second kappa shape index (κ2) is 5.83. The molecule has 0 atom stereocenters. The molecule has 0 spiro atoms. The molecule has 0 unspecified atom stereocenters. The fourth-order valence-corrected chi connectivity index (χ4v) is 1.67. The van der Waals surface area contributed by atoms with Gasteiger partial charge in [-0.3, -0.25) is 9.59 Å². The number of hydrogen-bond acceptors (Lipinski definition) is 4. The minimum Gasteiger partial charge on any atom is -0.478 e. The summed E-state index contributed by atoms with van der Waals surface area (Å²) in [5, 5.41) is 11.4. The Morgan fingerprint density at radius 1 is 1.10 bits per heavy atom. The Morgan fingerprint density at radius 2 is 1.81 bits per heavy atom. The number of pyridine rings is 1. The molecule has 1 aromatic carbocycles. The van der Waals surface area contributed by atoms with E-state index in [0.717, 1.165) is 0 Å². The van der Waals surface area contributed by atoms with Gasteiger partial charge in [-0.15, -0.1) is 0 Å². The molecule has 0 radical (unpaired) electrons. The van der Waals surface area contributed by atoms with Gasteiger partial charge in [0.05, 0.1) is 0 Å². The molecule has 2 amide bonds. The van der Waals surface area contributed by atoms with E-state index < -0.39 is 17.8 Å². The zero-order valence-electron chi connectivity index (χ0n) is 10.7. The summed E-state index contributed by atoms with van der Waals surface area (Å²) >= 11 is 0. The van der Waals surface area contributed by atoms with Crippen molar-refractivity contribution in [2.24, 2.45) is 5.73 Å². The van der Waals surface area contributed by atoms with E-state index in [1.54, 1.807) is 0 Å². The molecular formula is C14H11N3O4. The Labute approximate surface area is 119 Å². The van der Waals surface area contributed by atoms with Crippen LogP contribution in [0.1, 0.15) is 31.1 Å². The number of anilines is 1. The molecule has 7 nitrogen and oxygen atoms in total. The largest absolute Gasteiger partial charge is 0.478 e. The average molecular weight is 285 g/mol. The lowest BCUT2D eigenvalue weighted by Gasteiger charge is -2.07. The second-order valence-electron chi connectivity index (χ2n) is 4.10. The normalized spacial score (nSPS) is 9.90. The zero-order chi connectivity index (χ0) is 15.4. The molecule has 106 valence electrons. The number of nitrogens with zero attached hydrogens (tertiary/aromatic N) is 1. The maximum Gasteiger partial charge on any atom is 0.339 e. The number of carboxylic acids is 1. The highest BCUT2D eigenvalue weighted by molar-refractivity contribution is 6.08. The van der Waals surface area contributed by atoms with Crippen LogP contribution in [-0.4, -0.2) is 27.9 Å². The molecule has 0 saturated carbocycles. The molecule has 7 heteroatoms. The van der Waals surface area contributed by atoms with E-state index in [4.69, 9.17) is 10.8 Å². The predicted molar refractivity (Wildman–Crippen MR) is 74.1 cm³/mol. The van der Waals surface area contributed by atoms with E-state index >= 15 is 0 Å². The first-order valence-electron chi connectivity index (χ1n) is 5.88. The minimum atomic E-state index is -1.20. The molecule has 2 rings (SSSR count). The van der Waals surface area contributed by atoms with Gasteiger partial charge in [0.15, 0.2) is 0 Å². The van der Waals surface area contributed by atoms with Crippen molar-refractivity contribution >= 4 is 23.6 Å². The molecule has 0 aliphatic rings. The van der Waals surface area contributed by atoms with Crippen molar-refractivity contribution in [1.29, 1.82) is 0 Å². The molecule has 1 heterocycles. The molecule has 0 aliphatic carbocycles. The number of nitrogens with two attached hydrogens (primary N) is 1. The van der Waals surface area contributed by atoms with Crippen LogP contribution < -0.4 is 11.1 Å². The Bertz CT molecular complexity index is 728. The number of hydrogen-bond donors (Lipinski definition) is 3. The number of primary amides is 1. The van der Waals surface area contributed by atoms with Crippen molar-refractivity contribution in [2.75, 3.05) is 5.32 Å². The molecule has 0 bridgehead atoms. The SMILES string of the molecule is NC(=O)c1cccc(C(=O)Nc2ncccc2C(=O)O)c1. The molecule has 0 aliphatic heterocycles. The topological polar surface area (TPSA) is 122 Å². The van der Waals surface area contributed by atoms with Gasteiger partial charge >= 0.3 is 5.97 Å². The number of nitrogens with one attached hydrogen (secondary N) is 1. The summed E-state index contributed by atoms with van der Waals surface area (Å²) in [7, 11) is 0. The van der Waals surface area contributed by atoms with E-state index in [1.165, 1.54) is 42.6 Å². The highest BCUT2D eigenvalue weighted by Gasteiger charge is 2.15. The number of benzene rings is 1. The number of carbonyl (C=O) groups is 3. The van der Waals surface area contributed by atoms with Crippen molar-refractivity contribution in [1.82, 2.24) is 4.98 Å². The fraction of sp³-hybridized carbons (Fsp3) is 0. The van der Waals surface area contributed by atoms with Crippen LogP contribution in [0.5, 0.6) is 0 Å². The van der Waals surface area contributed by atoms with E-state index in [2.05, 4.69) is 10.3 Å². The van der Waals surface area contributed by atoms with Crippen molar-refractivity contribution in [3.8, 4) is 0 Å². The molecule has 4 N–H and O–H groups in total. The minimum absolute atomic E-state index is 0.0699. The lowest BCUT2D eigenvalue weighted by molar-refractivity contribution is 0.0697. The third kappa shape index (κ3) is 3.21. The summed E-state index contributed by atoms with van der Waals surface area (Å²) < 4.78 is 0. The van der Waals surface area contributed by atoms with Crippen molar-refractivity contribution in [3.05, 3.63) is 59.3 Å². The second-order valence-corrected chi connectivity index (χ2v) is 4.10. The number of rotatable bonds is 4. The van der Waals surface area contributed by atoms with Gasteiger partial charge in [0.2, 0.25) is 5.91 Å². The van der Waals surface area contributed by atoms with Gasteiger partial charge in [0.1, 0.15) is 11.4 Å². The summed E-state index contributed by atoms with van der Waals surface area (Å²) in [5.74, 6) is -2.52. The van der Waals surface area contributed by atoms with Crippen molar-refractivity contribution in [2.45, 2.75) is 0 Å². The van der Waals surface area contributed by atoms with Gasteiger partial charge in [0, 0.05) is 17.3 Å². The Balaban J connectivity index is 2.28. The number of aromatic carboxylic acids is 1. The van der Waals surface area contributed by atoms with E-state index in [0.29, 0.717) is 0 Å². The highest BCUT2D eigenvalue weighted by Crippen LogP contribution is 2.13. The predicted octanol–water partition coefficient (Wildman–Crippen LogP) is 1.13. The van der Waals surface area contributed by atoms with Crippen LogP contribution in [0.3, 0.4) is 0 Å². The summed E-state index contributed by atoms with van der Waals surface area (Å²) in [6, 6.07) is 8.55. The summed E-state index contributed by atoms with van der Waals surface area (Å²) in [5.41, 5.74) is 5.37. The molecule has 1 aromatic heterocycles. The lowest BCUT2D eigenvalue weighted by Crippen LogP contribution is -2.17. The van der Waals surface area contributed by atoms with Gasteiger partial charge in [0.25, 0.3) is 5.91 Å². The van der Waals surface area contributed by atoms with Gasteiger partial charge in [-0.25, -0.2) is 9.78 Å². The van der Waals surface area contributed by atoms with Gasteiger partial charge in [-0.1, -0.05) is 6.07 Å². The van der Waals surface area contributed by atoms with Crippen LogP contribution in [-0.2, 0) is 0 Å². The number of aromatic nitrogens is 1. The number of carbonyl (C=O) groups excluding carboxylic acids is 2. The fourth-order valence-electron chi connectivity index (χ4n) is 1.67. The molecule has 2 aromatic rings. The van der Waals surface area contributed by atoms with Crippen LogP contribution in [0.25, 0.3) is 0 Å². The van der Waals surface area contributed by atoms with Crippen LogP contribution in [0.4, 0.5) is 5.82 Å². The van der Waals surface area contributed by atoms with Crippen LogP contribution >= 0.6 is 0 Å². The van der Waals surface area contributed by atoms with E-state index in [9.17, 15) is 14.4 Å². The first kappa shape index (κ1) is 14.2. The van der Waals surface area contributed by atoms with Crippen LogP contribution in [0.15, 0.2) is 42.6 Å². The number of amides is 2. The smallest absolute Gasteiger partial charge is 0.339 e. The Hall–Kier alpha value is -3.22. The zero-order valence-corrected chi connectivity index (χ0v) is 10.7. The molecule has 0 fully saturated rings. The Kier molecular flexibility index (Phi) is 3.94. The third-order valence-corrected chi connectivity index (χ3v) is 2.68. The quantitative estimate of drug-likeness (QED) is 0.777. The summed E-state index contributed by atoms with van der Waals surface area (Å²) in [4.78, 5) is 38.0. The third-order valence-electron chi connectivity index (χ3n) is 2.68. The maximum absolute atomic E-state index is 12.1. The van der Waals surface area contributed by atoms with Gasteiger partial charge in [-0.2, -0.15) is 0 Å². The lowest BCUT2D eigenvalue weighted by atomic mass is 10.1. The number of carboxylic acid groups (broad SMARTS) is 1. The highest BCUT2D eigenvalue weighted by atomic mass is 16.4. The summed E-state index contributed by atoms with van der Waals surface area (Å²) in [6.45, 7) is 0. The standard InChI is InChI=1S/C14H11N3O4/c15-11(18)8-3-1-4-9(7-8)13(19)17-12-10(14(20)21)5-2-6-16-12/h1-7H,(H2,15,18)(H,20,21)(H,16,17,19). The van der Waals surface area contributed by atoms with Gasteiger partial charge in [-0.05, 0) is 30.3 Å². The Morgan fingerprint density at radius 3 is 2.48 bits per heavy atom. The van der Waals surface area contributed by atoms with Crippen molar-refractivity contribution in [3.63, 3.8) is 0 Å². The van der Waals surface area contributed by atoms with E-state index in [-0.39, 0.29) is 22.5 Å². The monoisotopic (exact) mass is 285 g/mol. The maximum atomic E-state index is 12.1. The van der Waals surface area contributed by atoms with E-state index in [1.807, 2.05) is 0 Å².